The van der Waals surface area contributed by atoms with Crippen LogP contribution in [-0.4, -0.2) is 33.6 Å². The highest BCUT2D eigenvalue weighted by Crippen LogP contribution is 2.27. The molecule has 0 aliphatic carbocycles. The van der Waals surface area contributed by atoms with Gasteiger partial charge in [0.15, 0.2) is 0 Å². The Kier molecular flexibility index (Phi) is 4.53. The van der Waals surface area contributed by atoms with Crippen molar-refractivity contribution < 1.29 is 15.1 Å². The van der Waals surface area contributed by atoms with Crippen LogP contribution in [0.25, 0.3) is 0 Å². The lowest BCUT2D eigenvalue weighted by atomic mass is 10.3. The van der Waals surface area contributed by atoms with Crippen LogP contribution in [0.4, 0.5) is 11.4 Å². The molecule has 0 spiro atoms. The second kappa shape index (κ2) is 5.69. The maximum absolute atomic E-state index is 10.5. The average Bonchev–Trinajstić information content (AvgIpc) is 2.25. The van der Waals surface area contributed by atoms with Crippen molar-refractivity contribution in [1.82, 2.24) is 0 Å². The third-order valence-corrected chi connectivity index (χ3v) is 2.99. The molecule has 1 unspecified atom stereocenters. The van der Waals surface area contributed by atoms with Crippen LogP contribution in [0.15, 0.2) is 23.1 Å². The number of nitro groups is 1. The molecule has 4 N–H and O–H groups in total. The minimum Gasteiger partial charge on any atom is -0.394 e. The Morgan fingerprint density at radius 2 is 2.25 bits per heavy atom. The van der Waals surface area contributed by atoms with Crippen LogP contribution in [0.1, 0.15) is 0 Å². The van der Waals surface area contributed by atoms with E-state index in [9.17, 15) is 10.1 Å². The van der Waals surface area contributed by atoms with E-state index < -0.39 is 11.0 Å². The first-order valence-electron chi connectivity index (χ1n) is 4.50. The molecule has 0 heterocycles. The lowest BCUT2D eigenvalue weighted by Gasteiger charge is -2.06. The van der Waals surface area contributed by atoms with Crippen molar-refractivity contribution in [3.05, 3.63) is 28.3 Å². The number of nitrogen functional groups attached to an aromatic ring is 1. The molecule has 0 bridgehead atoms. The summed E-state index contributed by atoms with van der Waals surface area (Å²) in [6.07, 6.45) is -0.804. The van der Waals surface area contributed by atoms with Crippen molar-refractivity contribution >= 4 is 23.1 Å². The number of hydrogen-bond acceptors (Lipinski definition) is 6. The second-order valence-electron chi connectivity index (χ2n) is 3.13. The Balaban J connectivity index is 2.70. The summed E-state index contributed by atoms with van der Waals surface area (Å²) in [5.74, 6) is 0.313. The zero-order valence-corrected chi connectivity index (χ0v) is 9.18. The minimum atomic E-state index is -0.804. The van der Waals surface area contributed by atoms with Crippen molar-refractivity contribution in [2.24, 2.45) is 0 Å². The molecule has 1 aromatic carbocycles. The zero-order chi connectivity index (χ0) is 12.1. The lowest BCUT2D eigenvalue weighted by Crippen LogP contribution is -2.14. The molecule has 0 amide bonds. The average molecular weight is 244 g/mol. The van der Waals surface area contributed by atoms with Crippen LogP contribution in [0.2, 0.25) is 0 Å². The van der Waals surface area contributed by atoms with Crippen LogP contribution < -0.4 is 5.73 Å². The summed E-state index contributed by atoms with van der Waals surface area (Å²) in [5.41, 5.74) is 5.45. The van der Waals surface area contributed by atoms with Gasteiger partial charge in [-0.3, -0.25) is 10.1 Å². The first-order valence-corrected chi connectivity index (χ1v) is 5.48. The van der Waals surface area contributed by atoms with Gasteiger partial charge >= 0.3 is 0 Å². The van der Waals surface area contributed by atoms with Crippen molar-refractivity contribution in [2.45, 2.75) is 11.0 Å². The Hall–Kier alpha value is -1.31. The first-order chi connectivity index (χ1) is 7.54. The maximum Gasteiger partial charge on any atom is 0.292 e. The zero-order valence-electron chi connectivity index (χ0n) is 8.37. The van der Waals surface area contributed by atoms with Gasteiger partial charge in [0.25, 0.3) is 5.69 Å². The third kappa shape index (κ3) is 3.37. The van der Waals surface area contributed by atoms with Gasteiger partial charge in [-0.1, -0.05) is 0 Å². The molecule has 0 aliphatic rings. The normalized spacial score (nSPS) is 12.4. The summed E-state index contributed by atoms with van der Waals surface area (Å²) in [6, 6.07) is 4.36. The topological polar surface area (TPSA) is 110 Å². The Labute approximate surface area is 96.2 Å². The fraction of sp³-hybridized carbons (Fsp3) is 0.333. The molecule has 0 fully saturated rings. The smallest absolute Gasteiger partial charge is 0.292 e. The molecule has 7 heteroatoms. The fourth-order valence-electron chi connectivity index (χ4n) is 1.03. The number of nitrogens with two attached hydrogens (primary N) is 1. The summed E-state index contributed by atoms with van der Waals surface area (Å²) in [7, 11) is 0. The molecule has 1 atom stereocenters. The number of benzene rings is 1. The van der Waals surface area contributed by atoms with Crippen LogP contribution in [0, 0.1) is 10.1 Å². The number of thioether (sulfide) groups is 1. The Morgan fingerprint density at radius 3 is 2.75 bits per heavy atom. The van der Waals surface area contributed by atoms with Crippen molar-refractivity contribution in [3.8, 4) is 0 Å². The molecule has 0 radical (unpaired) electrons. The van der Waals surface area contributed by atoms with Crippen LogP contribution >= 0.6 is 11.8 Å². The van der Waals surface area contributed by atoms with Gasteiger partial charge < -0.3 is 15.9 Å². The van der Waals surface area contributed by atoms with Crippen molar-refractivity contribution in [3.63, 3.8) is 0 Å². The van der Waals surface area contributed by atoms with Gasteiger partial charge in [-0.2, -0.15) is 0 Å². The first kappa shape index (κ1) is 12.8. The largest absolute Gasteiger partial charge is 0.394 e. The van der Waals surface area contributed by atoms with E-state index in [-0.39, 0.29) is 18.0 Å². The number of anilines is 1. The summed E-state index contributed by atoms with van der Waals surface area (Å²) in [4.78, 5) is 10.7. The summed E-state index contributed by atoms with van der Waals surface area (Å²) in [5, 5.41) is 28.2. The van der Waals surface area contributed by atoms with E-state index in [1.54, 1.807) is 6.07 Å². The van der Waals surface area contributed by atoms with Crippen LogP contribution in [0.3, 0.4) is 0 Å². The number of nitro benzene ring substituents is 1. The summed E-state index contributed by atoms with van der Waals surface area (Å²) in [6.45, 7) is -0.310. The van der Waals surface area contributed by atoms with Gasteiger partial charge in [0.1, 0.15) is 5.69 Å². The van der Waals surface area contributed by atoms with E-state index >= 15 is 0 Å². The quantitative estimate of drug-likeness (QED) is 0.303. The van der Waals surface area contributed by atoms with Crippen LogP contribution in [-0.2, 0) is 0 Å². The summed E-state index contributed by atoms with van der Waals surface area (Å²) >= 11 is 1.28. The molecule has 0 aromatic heterocycles. The molecular weight excluding hydrogens is 232 g/mol. The van der Waals surface area contributed by atoms with E-state index in [0.29, 0.717) is 5.75 Å². The number of hydrogen-bond donors (Lipinski definition) is 3. The van der Waals surface area contributed by atoms with E-state index in [2.05, 4.69) is 0 Å². The molecule has 6 nitrogen and oxygen atoms in total. The monoisotopic (exact) mass is 244 g/mol. The highest BCUT2D eigenvalue weighted by molar-refractivity contribution is 7.99. The van der Waals surface area contributed by atoms with Crippen molar-refractivity contribution in [2.75, 3.05) is 18.1 Å². The van der Waals surface area contributed by atoms with Gasteiger partial charge in [-0.05, 0) is 12.1 Å². The molecule has 88 valence electrons. The Bertz CT molecular complexity index is 386. The van der Waals surface area contributed by atoms with Crippen LogP contribution in [0.5, 0.6) is 0 Å². The molecule has 0 saturated heterocycles. The predicted octanol–water partition coefficient (Wildman–Crippen LogP) is 0.622. The molecule has 0 aliphatic heterocycles. The number of nitrogens with zero attached hydrogens (tertiary/aromatic N) is 1. The molecular formula is C9H12N2O4S. The SMILES string of the molecule is Nc1cc(SCC(O)CO)ccc1[N+](=O)[O-]. The van der Waals surface area contributed by atoms with Gasteiger partial charge in [-0.25, -0.2) is 0 Å². The van der Waals surface area contributed by atoms with E-state index in [1.165, 1.54) is 23.9 Å². The van der Waals surface area contributed by atoms with E-state index in [0.717, 1.165) is 4.90 Å². The maximum atomic E-state index is 10.5. The molecule has 0 saturated carbocycles. The molecule has 1 rings (SSSR count). The van der Waals surface area contributed by atoms with E-state index in [4.69, 9.17) is 15.9 Å². The summed E-state index contributed by atoms with van der Waals surface area (Å²) < 4.78 is 0. The fourth-order valence-corrected chi connectivity index (χ4v) is 1.90. The standard InChI is InChI=1S/C9H12N2O4S/c10-8-3-7(16-5-6(13)4-12)1-2-9(8)11(14)15/h1-3,6,12-13H,4-5,10H2. The van der Waals surface area contributed by atoms with E-state index in [1.807, 2.05) is 0 Å². The molecule has 1 aromatic rings. The van der Waals surface area contributed by atoms with Gasteiger partial charge in [0, 0.05) is 16.7 Å². The van der Waals surface area contributed by atoms with Gasteiger partial charge in [0.05, 0.1) is 17.6 Å². The highest BCUT2D eigenvalue weighted by atomic mass is 32.2. The Morgan fingerprint density at radius 1 is 1.56 bits per heavy atom. The lowest BCUT2D eigenvalue weighted by molar-refractivity contribution is -0.383. The van der Waals surface area contributed by atoms with Gasteiger partial charge in [0.2, 0.25) is 0 Å². The minimum absolute atomic E-state index is 0.0912. The third-order valence-electron chi connectivity index (χ3n) is 1.85. The number of aliphatic hydroxyl groups excluding tert-OH is 2. The van der Waals surface area contributed by atoms with Gasteiger partial charge in [-0.15, -0.1) is 11.8 Å². The van der Waals surface area contributed by atoms with Crippen molar-refractivity contribution in [1.29, 1.82) is 0 Å². The second-order valence-corrected chi connectivity index (χ2v) is 4.22. The number of rotatable bonds is 5. The molecule has 16 heavy (non-hydrogen) atoms. The number of aliphatic hydroxyl groups is 2. The highest BCUT2D eigenvalue weighted by Gasteiger charge is 2.11. The predicted molar refractivity (Wildman–Crippen MR) is 61.3 cm³/mol.